The summed E-state index contributed by atoms with van der Waals surface area (Å²) >= 11 is 3.71. The highest BCUT2D eigenvalue weighted by molar-refractivity contribution is 9.09. The molecule has 0 spiro atoms. The van der Waals surface area contributed by atoms with Crippen LogP contribution >= 0.6 is 15.9 Å². The van der Waals surface area contributed by atoms with Crippen LogP contribution in [0.4, 0.5) is 0 Å². The monoisotopic (exact) mass is 299 g/mol. The Bertz CT molecular complexity index is 307. The molecule has 2 aliphatic carbocycles. The first-order valence-corrected chi connectivity index (χ1v) is 8.03. The fraction of sp³-hybridized carbons (Fsp3) is 0.929. The number of alkyl halides is 1. The molecule has 1 heterocycles. The normalized spacial score (nSPS) is 45.3. The number of piperidine rings is 1. The molecule has 1 saturated heterocycles. The molecule has 3 rings (SSSR count). The number of halogens is 1. The smallest absolute Gasteiger partial charge is 0.226 e. The van der Waals surface area contributed by atoms with Crippen molar-refractivity contribution in [3.05, 3.63) is 0 Å². The van der Waals surface area contributed by atoms with Crippen LogP contribution in [-0.2, 0) is 4.79 Å². The molecule has 1 aliphatic heterocycles. The summed E-state index contributed by atoms with van der Waals surface area (Å²) in [4.78, 5) is 15.1. The molecule has 3 aliphatic rings. The Kier molecular flexibility index (Phi) is 3.22. The molecule has 96 valence electrons. The van der Waals surface area contributed by atoms with Crippen molar-refractivity contribution < 1.29 is 4.79 Å². The maximum absolute atomic E-state index is 12.5. The van der Waals surface area contributed by atoms with Gasteiger partial charge in [-0.3, -0.25) is 4.79 Å². The number of carbonyl (C=O) groups is 1. The Morgan fingerprint density at radius 1 is 1.18 bits per heavy atom. The molecule has 0 aromatic rings. The first-order chi connectivity index (χ1) is 8.18. The molecule has 1 amide bonds. The number of rotatable bonds is 1. The molecule has 17 heavy (non-hydrogen) atoms. The van der Waals surface area contributed by atoms with Crippen LogP contribution in [0.3, 0.4) is 0 Å². The molecule has 0 aromatic carbocycles. The number of hydrogen-bond acceptors (Lipinski definition) is 1. The van der Waals surface area contributed by atoms with Crippen LogP contribution in [0.1, 0.15) is 39.0 Å². The molecule has 3 fully saturated rings. The van der Waals surface area contributed by atoms with Gasteiger partial charge in [0, 0.05) is 23.8 Å². The van der Waals surface area contributed by atoms with Gasteiger partial charge in [-0.2, -0.15) is 0 Å². The zero-order chi connectivity index (χ0) is 12.0. The van der Waals surface area contributed by atoms with Crippen molar-refractivity contribution in [2.24, 2.45) is 23.7 Å². The summed E-state index contributed by atoms with van der Waals surface area (Å²) < 4.78 is 0. The number of hydrogen-bond donors (Lipinski definition) is 0. The van der Waals surface area contributed by atoms with Crippen LogP contribution in [0, 0.1) is 23.7 Å². The SMILES string of the molecule is CC1CCN(C(=O)C2C3CCCCC32)CC1Br. The molecule has 4 unspecified atom stereocenters. The highest BCUT2D eigenvalue weighted by Gasteiger charge is 2.56. The third-order valence-corrected chi connectivity index (χ3v) is 6.31. The van der Waals surface area contributed by atoms with Crippen molar-refractivity contribution in [1.29, 1.82) is 0 Å². The molecule has 0 bridgehead atoms. The number of nitrogens with zero attached hydrogens (tertiary/aromatic N) is 1. The number of amides is 1. The van der Waals surface area contributed by atoms with E-state index in [2.05, 4.69) is 27.8 Å². The van der Waals surface area contributed by atoms with Gasteiger partial charge >= 0.3 is 0 Å². The summed E-state index contributed by atoms with van der Waals surface area (Å²) in [5, 5.41) is 0. The zero-order valence-corrected chi connectivity index (χ0v) is 12.2. The van der Waals surface area contributed by atoms with E-state index in [0.29, 0.717) is 22.6 Å². The molecule has 2 nitrogen and oxygen atoms in total. The van der Waals surface area contributed by atoms with Crippen LogP contribution < -0.4 is 0 Å². The van der Waals surface area contributed by atoms with Crippen molar-refractivity contribution >= 4 is 21.8 Å². The minimum absolute atomic E-state index is 0.408. The van der Waals surface area contributed by atoms with Gasteiger partial charge < -0.3 is 4.90 Å². The molecule has 3 heteroatoms. The second kappa shape index (κ2) is 4.56. The lowest BCUT2D eigenvalue weighted by molar-refractivity contribution is -0.134. The van der Waals surface area contributed by atoms with E-state index in [4.69, 9.17) is 0 Å². The predicted molar refractivity (Wildman–Crippen MR) is 72.0 cm³/mol. The average Bonchev–Trinajstić information content (AvgIpc) is 3.06. The van der Waals surface area contributed by atoms with Crippen LogP contribution in [0.2, 0.25) is 0 Å². The molecule has 0 aromatic heterocycles. The standard InChI is InChI=1S/C14H22BrNO/c1-9-6-7-16(8-12(9)15)14(17)13-10-4-2-3-5-11(10)13/h9-13H,2-8H2,1H3. The summed E-state index contributed by atoms with van der Waals surface area (Å²) in [7, 11) is 0. The fourth-order valence-corrected chi connectivity index (χ4v) is 4.41. The summed E-state index contributed by atoms with van der Waals surface area (Å²) in [5.74, 6) is 3.10. The van der Waals surface area contributed by atoms with Gasteiger partial charge in [0.05, 0.1) is 0 Å². The van der Waals surface area contributed by atoms with Crippen LogP contribution in [0.15, 0.2) is 0 Å². The Labute approximate surface area is 112 Å². The Morgan fingerprint density at radius 2 is 1.82 bits per heavy atom. The summed E-state index contributed by atoms with van der Waals surface area (Å²) in [6.07, 6.45) is 6.47. The lowest BCUT2D eigenvalue weighted by atomic mass is 9.98. The lowest BCUT2D eigenvalue weighted by Gasteiger charge is -2.34. The van der Waals surface area contributed by atoms with Crippen LogP contribution in [0.5, 0.6) is 0 Å². The quantitative estimate of drug-likeness (QED) is 0.682. The van der Waals surface area contributed by atoms with Gasteiger partial charge in [0.1, 0.15) is 0 Å². The van der Waals surface area contributed by atoms with Crippen molar-refractivity contribution in [1.82, 2.24) is 4.90 Å². The minimum Gasteiger partial charge on any atom is -0.341 e. The van der Waals surface area contributed by atoms with E-state index in [0.717, 1.165) is 31.3 Å². The first kappa shape index (κ1) is 12.0. The highest BCUT2D eigenvalue weighted by Crippen LogP contribution is 2.56. The van der Waals surface area contributed by atoms with Crippen molar-refractivity contribution in [3.63, 3.8) is 0 Å². The van der Waals surface area contributed by atoms with Gasteiger partial charge in [0.2, 0.25) is 5.91 Å². The van der Waals surface area contributed by atoms with Crippen LogP contribution in [-0.4, -0.2) is 28.7 Å². The van der Waals surface area contributed by atoms with E-state index in [1.165, 1.54) is 25.7 Å². The average molecular weight is 300 g/mol. The van der Waals surface area contributed by atoms with E-state index >= 15 is 0 Å². The van der Waals surface area contributed by atoms with Crippen molar-refractivity contribution in [2.75, 3.05) is 13.1 Å². The minimum atomic E-state index is 0.408. The second-order valence-corrected chi connectivity index (χ2v) is 7.38. The van der Waals surface area contributed by atoms with Gasteiger partial charge in [-0.1, -0.05) is 35.7 Å². The lowest BCUT2D eigenvalue weighted by Crippen LogP contribution is -2.44. The molecular formula is C14H22BrNO. The third kappa shape index (κ3) is 2.16. The topological polar surface area (TPSA) is 20.3 Å². The maximum atomic E-state index is 12.5. The summed E-state index contributed by atoms with van der Waals surface area (Å²) in [6, 6.07) is 0. The first-order valence-electron chi connectivity index (χ1n) is 7.11. The van der Waals surface area contributed by atoms with Gasteiger partial charge in [0.25, 0.3) is 0 Å². The fourth-order valence-electron chi connectivity index (χ4n) is 3.79. The third-order valence-electron chi connectivity index (χ3n) is 5.12. The number of carbonyl (C=O) groups excluding carboxylic acids is 1. The van der Waals surface area contributed by atoms with Gasteiger partial charge in [0.15, 0.2) is 0 Å². The Balaban J connectivity index is 1.60. The summed E-state index contributed by atoms with van der Waals surface area (Å²) in [6.45, 7) is 4.19. The van der Waals surface area contributed by atoms with E-state index in [9.17, 15) is 4.79 Å². The van der Waals surface area contributed by atoms with E-state index in [1.54, 1.807) is 0 Å². The Hall–Kier alpha value is -0.0500. The molecule has 0 radical (unpaired) electrons. The number of fused-ring (bicyclic) bond motifs is 1. The van der Waals surface area contributed by atoms with Gasteiger partial charge in [-0.15, -0.1) is 0 Å². The van der Waals surface area contributed by atoms with Crippen molar-refractivity contribution in [3.8, 4) is 0 Å². The maximum Gasteiger partial charge on any atom is 0.226 e. The highest BCUT2D eigenvalue weighted by atomic mass is 79.9. The van der Waals surface area contributed by atoms with Gasteiger partial charge in [-0.05, 0) is 37.0 Å². The predicted octanol–water partition coefficient (Wildman–Crippen LogP) is 3.05. The second-order valence-electron chi connectivity index (χ2n) is 6.20. The van der Waals surface area contributed by atoms with E-state index in [1.807, 2.05) is 0 Å². The number of likely N-dealkylation sites (tertiary alicyclic amines) is 1. The molecule has 0 N–H and O–H groups in total. The van der Waals surface area contributed by atoms with Crippen LogP contribution in [0.25, 0.3) is 0 Å². The van der Waals surface area contributed by atoms with Gasteiger partial charge in [-0.25, -0.2) is 0 Å². The Morgan fingerprint density at radius 3 is 2.41 bits per heavy atom. The molecule has 2 saturated carbocycles. The summed E-state index contributed by atoms with van der Waals surface area (Å²) in [5.41, 5.74) is 0. The molecule has 4 atom stereocenters. The molecular weight excluding hydrogens is 278 g/mol. The van der Waals surface area contributed by atoms with E-state index in [-0.39, 0.29) is 0 Å². The largest absolute Gasteiger partial charge is 0.341 e. The zero-order valence-electron chi connectivity index (χ0n) is 10.6. The van der Waals surface area contributed by atoms with Crippen molar-refractivity contribution in [2.45, 2.75) is 43.9 Å². The van der Waals surface area contributed by atoms with E-state index < -0.39 is 0 Å².